The minimum atomic E-state index is -0.916. The zero-order valence-electron chi connectivity index (χ0n) is 23.2. The summed E-state index contributed by atoms with van der Waals surface area (Å²) < 4.78 is 12.1. The number of hydrogen-bond donors (Lipinski definition) is 3. The summed E-state index contributed by atoms with van der Waals surface area (Å²) in [7, 11) is 0. The molecule has 1 aromatic carbocycles. The van der Waals surface area contributed by atoms with Crippen LogP contribution in [0.3, 0.4) is 0 Å². The van der Waals surface area contributed by atoms with E-state index in [4.69, 9.17) is 9.47 Å². The van der Waals surface area contributed by atoms with Crippen molar-refractivity contribution in [3.63, 3.8) is 0 Å². The molecule has 6 nitrogen and oxygen atoms in total. The smallest absolute Gasteiger partial charge is 0.189 e. The number of fused-ring (bicyclic) bond motifs is 4. The molecule has 210 valence electrons. The van der Waals surface area contributed by atoms with Crippen molar-refractivity contribution in [2.24, 2.45) is 17.8 Å². The fourth-order valence-electron chi connectivity index (χ4n) is 6.63. The number of nitrogens with zero attached hydrogens (tertiary/aromatic N) is 1. The lowest BCUT2D eigenvalue weighted by Crippen LogP contribution is -2.52. The molecular formula is C31H51NO5. The number of piperidine rings is 3. The summed E-state index contributed by atoms with van der Waals surface area (Å²) in [4.78, 5) is 2.43. The van der Waals surface area contributed by atoms with Gasteiger partial charge in [0.1, 0.15) is 12.4 Å². The van der Waals surface area contributed by atoms with Gasteiger partial charge >= 0.3 is 0 Å². The van der Waals surface area contributed by atoms with Crippen molar-refractivity contribution in [3.05, 3.63) is 29.3 Å². The second-order valence-corrected chi connectivity index (χ2v) is 12.1. The van der Waals surface area contributed by atoms with Crippen molar-refractivity contribution >= 4 is 0 Å². The van der Waals surface area contributed by atoms with Gasteiger partial charge in [0.2, 0.25) is 0 Å². The Morgan fingerprint density at radius 1 is 1.03 bits per heavy atom. The van der Waals surface area contributed by atoms with Crippen molar-refractivity contribution in [1.29, 1.82) is 0 Å². The van der Waals surface area contributed by atoms with Crippen LogP contribution in [0.2, 0.25) is 0 Å². The molecule has 3 N–H and O–H groups in total. The largest absolute Gasteiger partial charge is 0.488 e. The SMILES string of the molecule is CCCCC[C@H](O)CC[C@H](C)[C@H](O)C[C@H]1CCc2cccc(OCC(O)O[C@@H]3CN4CCC3CC4)c2C1. The van der Waals surface area contributed by atoms with Gasteiger partial charge in [-0.2, -0.15) is 0 Å². The molecule has 6 atom stereocenters. The lowest BCUT2D eigenvalue weighted by molar-refractivity contribution is -0.188. The maximum absolute atomic E-state index is 10.9. The van der Waals surface area contributed by atoms with Crippen molar-refractivity contribution in [2.75, 3.05) is 26.2 Å². The first-order chi connectivity index (χ1) is 17.9. The average Bonchev–Trinajstić information content (AvgIpc) is 2.91. The highest BCUT2D eigenvalue weighted by Crippen LogP contribution is 2.36. The molecular weight excluding hydrogens is 466 g/mol. The van der Waals surface area contributed by atoms with Gasteiger partial charge in [0, 0.05) is 6.54 Å². The van der Waals surface area contributed by atoms with Gasteiger partial charge in [0.05, 0.1) is 18.3 Å². The molecule has 37 heavy (non-hydrogen) atoms. The van der Waals surface area contributed by atoms with Crippen LogP contribution in [0.5, 0.6) is 5.75 Å². The topological polar surface area (TPSA) is 82.4 Å². The Labute approximate surface area is 224 Å². The van der Waals surface area contributed by atoms with Crippen LogP contribution in [0.25, 0.3) is 0 Å². The van der Waals surface area contributed by atoms with Crippen LogP contribution in [0, 0.1) is 17.8 Å². The molecule has 3 saturated heterocycles. The van der Waals surface area contributed by atoms with E-state index in [1.807, 2.05) is 12.1 Å². The molecule has 3 aliphatic heterocycles. The quantitative estimate of drug-likeness (QED) is 0.231. The zero-order chi connectivity index (χ0) is 26.2. The Bertz CT molecular complexity index is 811. The fraction of sp³-hybridized carbons (Fsp3) is 0.806. The van der Waals surface area contributed by atoms with E-state index in [0.29, 0.717) is 11.8 Å². The number of aryl methyl sites for hydroxylation is 1. The first-order valence-electron chi connectivity index (χ1n) is 15.1. The van der Waals surface area contributed by atoms with E-state index in [2.05, 4.69) is 24.8 Å². The standard InChI is InChI=1S/C31H51NO5/c1-3-4-5-8-26(33)13-10-22(2)28(34)19-23-11-12-24-7-6-9-29(27(24)18-23)36-21-31(35)37-30-20-32-16-14-25(30)15-17-32/h6-7,9,22-23,25-26,28,30-31,33-35H,3-5,8,10-21H2,1-2H3/t22-,23-,26-,28+,30+,31?/m0/s1. The highest BCUT2D eigenvalue weighted by molar-refractivity contribution is 5.42. The second-order valence-electron chi connectivity index (χ2n) is 12.1. The molecule has 0 amide bonds. The summed E-state index contributed by atoms with van der Waals surface area (Å²) in [6, 6.07) is 6.22. The van der Waals surface area contributed by atoms with E-state index in [1.165, 1.54) is 24.0 Å². The molecule has 1 unspecified atom stereocenters. The van der Waals surface area contributed by atoms with Gasteiger partial charge in [-0.25, -0.2) is 0 Å². The maximum atomic E-state index is 10.9. The molecule has 1 aliphatic carbocycles. The van der Waals surface area contributed by atoms with Gasteiger partial charge in [-0.15, -0.1) is 0 Å². The van der Waals surface area contributed by atoms with E-state index in [0.717, 1.165) is 89.6 Å². The predicted octanol–water partition coefficient (Wildman–Crippen LogP) is 4.71. The van der Waals surface area contributed by atoms with Crippen LogP contribution < -0.4 is 4.74 Å². The summed E-state index contributed by atoms with van der Waals surface area (Å²) in [5.41, 5.74) is 2.54. The van der Waals surface area contributed by atoms with Crippen LogP contribution in [-0.4, -0.2) is 71.1 Å². The van der Waals surface area contributed by atoms with Gasteiger partial charge in [0.25, 0.3) is 0 Å². The van der Waals surface area contributed by atoms with E-state index in [9.17, 15) is 15.3 Å². The molecule has 0 aromatic heterocycles. The lowest BCUT2D eigenvalue weighted by atomic mass is 9.79. The van der Waals surface area contributed by atoms with Gasteiger partial charge in [0.15, 0.2) is 6.29 Å². The molecule has 0 saturated carbocycles. The number of unbranched alkanes of at least 4 members (excludes halogenated alkanes) is 2. The normalized spacial score (nSPS) is 28.4. The molecule has 0 spiro atoms. The molecule has 6 heteroatoms. The molecule has 1 aromatic rings. The molecule has 0 radical (unpaired) electrons. The number of rotatable bonds is 15. The van der Waals surface area contributed by atoms with Crippen molar-refractivity contribution < 1.29 is 24.8 Å². The Balaban J connectivity index is 1.23. The zero-order valence-corrected chi connectivity index (χ0v) is 23.2. The number of aliphatic hydroxyl groups excluding tert-OH is 3. The van der Waals surface area contributed by atoms with Crippen LogP contribution in [0.4, 0.5) is 0 Å². The molecule has 2 bridgehead atoms. The summed E-state index contributed by atoms with van der Waals surface area (Å²) in [5, 5.41) is 31.7. The third-order valence-electron chi connectivity index (χ3n) is 9.18. The highest BCUT2D eigenvalue weighted by Gasteiger charge is 2.36. The number of ether oxygens (including phenoxy) is 2. The summed E-state index contributed by atoms with van der Waals surface area (Å²) in [5.74, 6) is 2.00. The van der Waals surface area contributed by atoms with E-state index in [-0.39, 0.29) is 30.8 Å². The van der Waals surface area contributed by atoms with Crippen molar-refractivity contribution in [3.8, 4) is 5.75 Å². The van der Waals surface area contributed by atoms with Crippen LogP contribution in [0.15, 0.2) is 18.2 Å². The number of hydrogen-bond acceptors (Lipinski definition) is 6. The van der Waals surface area contributed by atoms with Crippen molar-refractivity contribution in [1.82, 2.24) is 4.90 Å². The van der Waals surface area contributed by atoms with Crippen LogP contribution >= 0.6 is 0 Å². The van der Waals surface area contributed by atoms with E-state index >= 15 is 0 Å². The Hall–Kier alpha value is -1.18. The van der Waals surface area contributed by atoms with Crippen molar-refractivity contribution in [2.45, 2.75) is 115 Å². The predicted molar refractivity (Wildman–Crippen MR) is 147 cm³/mol. The van der Waals surface area contributed by atoms with Gasteiger partial charge < -0.3 is 29.7 Å². The first-order valence-corrected chi connectivity index (χ1v) is 15.1. The van der Waals surface area contributed by atoms with Gasteiger partial charge in [-0.3, -0.25) is 0 Å². The Morgan fingerprint density at radius 2 is 1.84 bits per heavy atom. The fourth-order valence-corrected chi connectivity index (χ4v) is 6.63. The third kappa shape index (κ3) is 8.40. The van der Waals surface area contributed by atoms with E-state index < -0.39 is 6.29 Å². The molecule has 3 heterocycles. The Kier molecular flexibility index (Phi) is 11.1. The monoisotopic (exact) mass is 517 g/mol. The van der Waals surface area contributed by atoms with Crippen LogP contribution in [-0.2, 0) is 17.6 Å². The van der Waals surface area contributed by atoms with Crippen LogP contribution in [0.1, 0.15) is 89.2 Å². The minimum absolute atomic E-state index is 0.107. The average molecular weight is 518 g/mol. The summed E-state index contributed by atoms with van der Waals surface area (Å²) in [6.07, 6.45) is 10.6. The first kappa shape index (κ1) is 28.8. The Morgan fingerprint density at radius 3 is 2.57 bits per heavy atom. The van der Waals surface area contributed by atoms with Gasteiger partial charge in [-0.1, -0.05) is 45.2 Å². The second kappa shape index (κ2) is 14.3. The highest BCUT2D eigenvalue weighted by atomic mass is 16.6. The maximum Gasteiger partial charge on any atom is 0.189 e. The minimum Gasteiger partial charge on any atom is -0.488 e. The summed E-state index contributed by atoms with van der Waals surface area (Å²) in [6.45, 7) is 7.67. The molecule has 4 aliphatic rings. The van der Waals surface area contributed by atoms with E-state index in [1.54, 1.807) is 0 Å². The molecule has 3 fully saturated rings. The summed E-state index contributed by atoms with van der Waals surface area (Å²) >= 11 is 0. The van der Waals surface area contributed by atoms with Gasteiger partial charge in [-0.05, 0) is 106 Å². The molecule has 5 rings (SSSR count). The third-order valence-corrected chi connectivity index (χ3v) is 9.18. The number of benzene rings is 1. The lowest BCUT2D eigenvalue weighted by Gasteiger charge is -2.44. The number of aliphatic hydroxyl groups is 3.